The number of aromatic nitrogens is 3. The Balaban J connectivity index is 1.69. The van der Waals surface area contributed by atoms with Gasteiger partial charge in [0.1, 0.15) is 5.82 Å². The highest BCUT2D eigenvalue weighted by Gasteiger charge is 2.32. The van der Waals surface area contributed by atoms with Crippen LogP contribution in [0.2, 0.25) is 0 Å². The Morgan fingerprint density at radius 1 is 1.03 bits per heavy atom. The molecule has 4 rings (SSSR count). The average molecular weight is 557 g/mol. The smallest absolute Gasteiger partial charge is 0.277 e. The normalized spacial score (nSPS) is 11.8. The number of fused-ring (bicyclic) bond motifs is 1. The summed E-state index contributed by atoms with van der Waals surface area (Å²) in [5.74, 6) is 2.44. The van der Waals surface area contributed by atoms with Gasteiger partial charge in [-0.2, -0.15) is 18.3 Å². The van der Waals surface area contributed by atoms with E-state index in [1.165, 1.54) is 12.4 Å². The lowest BCUT2D eigenvalue weighted by atomic mass is 10.1. The largest absolute Gasteiger partial charge is 0.416 e. The van der Waals surface area contributed by atoms with E-state index in [1.54, 1.807) is 6.07 Å². The molecular formula is C21H10BrF5N4O2S. The van der Waals surface area contributed by atoms with E-state index in [1.807, 2.05) is 4.72 Å². The number of aromatic amines is 1. The zero-order valence-corrected chi connectivity index (χ0v) is 18.9. The maximum Gasteiger partial charge on any atom is 0.416 e. The zero-order valence-electron chi connectivity index (χ0n) is 16.5. The Hall–Kier alpha value is -3.50. The molecule has 0 spiro atoms. The van der Waals surface area contributed by atoms with Gasteiger partial charge in [-0.15, -0.1) is 0 Å². The maximum atomic E-state index is 14.9. The summed E-state index contributed by atoms with van der Waals surface area (Å²) in [6.07, 6.45) is -1.98. The number of anilines is 1. The molecule has 2 N–H and O–H groups in total. The van der Waals surface area contributed by atoms with Gasteiger partial charge >= 0.3 is 6.18 Å². The van der Waals surface area contributed by atoms with Crippen molar-refractivity contribution in [2.24, 2.45) is 0 Å². The van der Waals surface area contributed by atoms with Gasteiger partial charge in [0.15, 0.2) is 11.5 Å². The lowest BCUT2D eigenvalue weighted by molar-refractivity contribution is -0.137. The molecule has 0 aliphatic heterocycles. The van der Waals surface area contributed by atoms with Crippen LogP contribution in [-0.4, -0.2) is 23.6 Å². The van der Waals surface area contributed by atoms with Gasteiger partial charge in [0.05, 0.1) is 27.9 Å². The predicted molar refractivity (Wildman–Crippen MR) is 116 cm³/mol. The molecule has 2 aromatic heterocycles. The highest BCUT2D eigenvalue weighted by atomic mass is 79.9. The van der Waals surface area contributed by atoms with Gasteiger partial charge < -0.3 is 0 Å². The molecule has 174 valence electrons. The van der Waals surface area contributed by atoms with Crippen molar-refractivity contribution < 1.29 is 30.4 Å². The van der Waals surface area contributed by atoms with Crippen molar-refractivity contribution >= 4 is 42.7 Å². The van der Waals surface area contributed by atoms with Crippen molar-refractivity contribution in [1.29, 1.82) is 0 Å². The second-order valence-electron chi connectivity index (χ2n) is 6.84. The summed E-state index contributed by atoms with van der Waals surface area (Å²) < 4.78 is 95.3. The van der Waals surface area contributed by atoms with Crippen molar-refractivity contribution in [3.63, 3.8) is 0 Å². The number of halogens is 6. The monoisotopic (exact) mass is 556 g/mol. The molecule has 34 heavy (non-hydrogen) atoms. The number of benzene rings is 2. The number of H-pyrrole nitrogens is 1. The molecule has 2 heterocycles. The number of pyridine rings is 1. The van der Waals surface area contributed by atoms with Crippen LogP contribution < -0.4 is 4.72 Å². The number of hydrogen-bond acceptors (Lipinski definition) is 4. The van der Waals surface area contributed by atoms with Crippen LogP contribution in [0.4, 0.5) is 27.6 Å². The number of sulfonamides is 1. The van der Waals surface area contributed by atoms with E-state index < -0.39 is 49.5 Å². The van der Waals surface area contributed by atoms with Crippen LogP contribution >= 0.6 is 15.9 Å². The molecule has 0 radical (unpaired) electrons. The molecule has 13 heteroatoms. The minimum atomic E-state index is -4.81. The van der Waals surface area contributed by atoms with Gasteiger partial charge in [0.2, 0.25) is 0 Å². The molecule has 0 bridgehead atoms. The highest BCUT2D eigenvalue weighted by molar-refractivity contribution is 9.10. The maximum absolute atomic E-state index is 14.9. The number of alkyl halides is 3. The fraction of sp³-hybridized carbons (Fsp3) is 0.0476. The fourth-order valence-electron chi connectivity index (χ4n) is 2.87. The first-order valence-corrected chi connectivity index (χ1v) is 11.4. The molecular weight excluding hydrogens is 547 g/mol. The standard InChI is InChI=1S/C21H10BrF5N4O2S/c22-14-6-13(21(25,26)27)7-15(8-14)34(32,33)31-18-4-3-17(23)16(19(18)24)2-1-11-5-12-10-29-30-20(12)28-9-11/h3-10,31H,(H,28,29,30). The summed E-state index contributed by atoms with van der Waals surface area (Å²) in [4.78, 5) is 3.27. The van der Waals surface area contributed by atoms with Gasteiger partial charge in [-0.1, -0.05) is 27.8 Å². The van der Waals surface area contributed by atoms with Gasteiger partial charge in [-0.25, -0.2) is 22.2 Å². The third-order valence-corrected chi connectivity index (χ3v) is 6.27. The van der Waals surface area contributed by atoms with E-state index in [0.717, 1.165) is 18.2 Å². The topological polar surface area (TPSA) is 87.7 Å². The first-order chi connectivity index (χ1) is 15.9. The minimum absolute atomic E-state index is 0.156. The number of rotatable bonds is 3. The van der Waals surface area contributed by atoms with Gasteiger partial charge in [0.25, 0.3) is 10.0 Å². The SMILES string of the molecule is O=S(=O)(Nc1ccc(F)c(C#Cc2cnc3[nH]ncc3c2)c1F)c1cc(Br)cc(C(F)(F)F)c1. The van der Waals surface area contributed by atoms with E-state index in [0.29, 0.717) is 28.7 Å². The molecule has 0 unspecified atom stereocenters. The summed E-state index contributed by atoms with van der Waals surface area (Å²) >= 11 is 2.83. The lowest BCUT2D eigenvalue weighted by Crippen LogP contribution is -2.16. The number of nitrogens with one attached hydrogen (secondary N) is 2. The van der Waals surface area contributed by atoms with Crippen LogP contribution in [0.1, 0.15) is 16.7 Å². The Labute approximate surface area is 197 Å². The Morgan fingerprint density at radius 2 is 1.79 bits per heavy atom. The second kappa shape index (κ2) is 8.69. The Morgan fingerprint density at radius 3 is 2.53 bits per heavy atom. The summed E-state index contributed by atoms with van der Waals surface area (Å²) in [5.41, 5.74) is -1.86. The average Bonchev–Trinajstić information content (AvgIpc) is 3.22. The van der Waals surface area contributed by atoms with Crippen molar-refractivity contribution in [3.8, 4) is 11.8 Å². The number of hydrogen-bond donors (Lipinski definition) is 2. The first-order valence-electron chi connectivity index (χ1n) is 9.14. The third kappa shape index (κ3) is 4.87. The third-order valence-electron chi connectivity index (χ3n) is 4.47. The molecule has 6 nitrogen and oxygen atoms in total. The molecule has 2 aromatic carbocycles. The molecule has 0 saturated carbocycles. The van der Waals surface area contributed by atoms with E-state index in [9.17, 15) is 30.4 Å². The van der Waals surface area contributed by atoms with Crippen LogP contribution in [0.5, 0.6) is 0 Å². The Kier molecular flexibility index (Phi) is 6.05. The number of nitrogens with zero attached hydrogens (tertiary/aromatic N) is 2. The molecule has 0 aliphatic rings. The van der Waals surface area contributed by atoms with Crippen molar-refractivity contribution in [1.82, 2.24) is 15.2 Å². The molecule has 0 aliphatic carbocycles. The zero-order chi connectivity index (χ0) is 24.7. The Bertz CT molecular complexity index is 1590. The van der Waals surface area contributed by atoms with Crippen LogP contribution in [0, 0.1) is 23.5 Å². The van der Waals surface area contributed by atoms with Crippen molar-refractivity contribution in [3.05, 3.63) is 81.6 Å². The van der Waals surface area contributed by atoms with Crippen molar-refractivity contribution in [2.75, 3.05) is 4.72 Å². The molecule has 0 saturated heterocycles. The second-order valence-corrected chi connectivity index (χ2v) is 9.44. The first kappa shape index (κ1) is 23.7. The van der Waals surface area contributed by atoms with Crippen molar-refractivity contribution in [2.45, 2.75) is 11.1 Å². The lowest BCUT2D eigenvalue weighted by Gasteiger charge is -2.13. The molecule has 0 amide bonds. The molecule has 0 fully saturated rings. The van der Waals surface area contributed by atoms with Crippen LogP contribution in [0.25, 0.3) is 11.0 Å². The van der Waals surface area contributed by atoms with E-state index in [-0.39, 0.29) is 4.47 Å². The summed E-state index contributed by atoms with van der Waals surface area (Å²) in [5, 5.41) is 7.05. The fourth-order valence-corrected chi connectivity index (χ4v) is 4.64. The molecule has 0 atom stereocenters. The molecule has 4 aromatic rings. The highest BCUT2D eigenvalue weighted by Crippen LogP contribution is 2.34. The van der Waals surface area contributed by atoms with Crippen LogP contribution in [0.15, 0.2) is 58.2 Å². The summed E-state index contributed by atoms with van der Waals surface area (Å²) in [7, 11) is -4.67. The summed E-state index contributed by atoms with van der Waals surface area (Å²) in [6.45, 7) is 0. The van der Waals surface area contributed by atoms with Crippen LogP contribution in [0.3, 0.4) is 0 Å². The van der Waals surface area contributed by atoms with Crippen LogP contribution in [-0.2, 0) is 16.2 Å². The predicted octanol–water partition coefficient (Wildman–Crippen LogP) is 5.22. The van der Waals surface area contributed by atoms with E-state index in [4.69, 9.17) is 0 Å². The van der Waals surface area contributed by atoms with Gasteiger partial charge in [-0.3, -0.25) is 9.82 Å². The van der Waals surface area contributed by atoms with Gasteiger partial charge in [0, 0.05) is 21.6 Å². The van der Waals surface area contributed by atoms with E-state index in [2.05, 4.69) is 43.0 Å². The quantitative estimate of drug-likeness (QED) is 0.267. The summed E-state index contributed by atoms with van der Waals surface area (Å²) in [6, 6.07) is 5.17. The van der Waals surface area contributed by atoms with Gasteiger partial charge in [-0.05, 0) is 36.4 Å². The minimum Gasteiger partial charge on any atom is -0.277 e. The van der Waals surface area contributed by atoms with E-state index >= 15 is 0 Å².